The van der Waals surface area contributed by atoms with Gasteiger partial charge in [-0.1, -0.05) is 56.8 Å². The Morgan fingerprint density at radius 3 is 2.61 bits per heavy atom. The molecule has 0 fully saturated rings. The van der Waals surface area contributed by atoms with Gasteiger partial charge in [-0.05, 0) is 24.3 Å². The van der Waals surface area contributed by atoms with E-state index in [2.05, 4.69) is 24.0 Å². The molecule has 6 heteroatoms. The van der Waals surface area contributed by atoms with E-state index in [0.29, 0.717) is 23.2 Å². The molecule has 0 radical (unpaired) electrons. The largest absolute Gasteiger partial charge is 0.343 e. The maximum absolute atomic E-state index is 12.3. The van der Waals surface area contributed by atoms with Gasteiger partial charge in [0.15, 0.2) is 10.9 Å². The molecule has 2 rings (SSSR count). The van der Waals surface area contributed by atoms with Gasteiger partial charge in [0.1, 0.15) is 0 Å². The van der Waals surface area contributed by atoms with Crippen molar-refractivity contribution in [2.75, 3.05) is 5.75 Å². The van der Waals surface area contributed by atoms with Crippen LogP contribution in [0, 0.1) is 0 Å². The number of aromatic nitrogens is 3. The van der Waals surface area contributed by atoms with Crippen molar-refractivity contribution >= 4 is 17.5 Å². The molecule has 1 N–H and O–H groups in total. The van der Waals surface area contributed by atoms with Crippen LogP contribution in [0.2, 0.25) is 0 Å². The van der Waals surface area contributed by atoms with Gasteiger partial charge < -0.3 is 0 Å². The molecule has 2 aromatic rings. The second-order valence-electron chi connectivity index (χ2n) is 5.61. The molecular weight excluding hydrogens is 310 g/mol. The molecule has 0 saturated heterocycles. The van der Waals surface area contributed by atoms with E-state index < -0.39 is 0 Å². The molecule has 1 atom stereocenters. The Hall–Kier alpha value is -1.82. The molecule has 0 aliphatic heterocycles. The number of nitrogens with zero attached hydrogens (tertiary/aromatic N) is 2. The van der Waals surface area contributed by atoms with Crippen molar-refractivity contribution in [2.45, 2.75) is 51.2 Å². The van der Waals surface area contributed by atoms with Gasteiger partial charge in [0.25, 0.3) is 0 Å². The summed E-state index contributed by atoms with van der Waals surface area (Å²) in [4.78, 5) is 23.9. The number of H-pyrrole nitrogens is 1. The zero-order chi connectivity index (χ0) is 16.8. The average Bonchev–Trinajstić information content (AvgIpc) is 2.93. The minimum atomic E-state index is -0.222. The number of hydrogen-bond acceptors (Lipinski definition) is 4. The van der Waals surface area contributed by atoms with Crippen LogP contribution >= 0.6 is 11.8 Å². The number of carbonyl (C=O) groups is 1. The maximum Gasteiger partial charge on any atom is 0.343 e. The van der Waals surface area contributed by atoms with Gasteiger partial charge >= 0.3 is 5.69 Å². The molecule has 1 aromatic heterocycles. The molecule has 5 nitrogen and oxygen atoms in total. The molecule has 0 aliphatic rings. The van der Waals surface area contributed by atoms with E-state index in [4.69, 9.17) is 0 Å². The topological polar surface area (TPSA) is 67.8 Å². The molecule has 23 heavy (non-hydrogen) atoms. The highest BCUT2D eigenvalue weighted by Gasteiger charge is 2.12. The van der Waals surface area contributed by atoms with Crippen molar-refractivity contribution in [3.63, 3.8) is 0 Å². The number of aromatic amines is 1. The summed E-state index contributed by atoms with van der Waals surface area (Å²) in [6, 6.07) is 7.81. The van der Waals surface area contributed by atoms with E-state index >= 15 is 0 Å². The number of thioether (sulfide) groups is 1. The summed E-state index contributed by atoms with van der Waals surface area (Å²) < 4.78 is 1.57. The zero-order valence-electron chi connectivity index (χ0n) is 13.8. The normalized spacial score (nSPS) is 12.3. The molecule has 1 unspecified atom stereocenters. The van der Waals surface area contributed by atoms with Crippen molar-refractivity contribution in [2.24, 2.45) is 0 Å². The minimum Gasteiger partial charge on any atom is -0.293 e. The number of rotatable bonds is 8. The lowest BCUT2D eigenvalue weighted by molar-refractivity contribution is 0.102. The standard InChI is InChI=1S/C17H23N3O2S/c1-4-10-20-16(22)18-19-17(20)23-11-15(21)14-8-6-13(7-9-14)12(3)5-2/h6-9,12H,4-5,10-11H2,1-3H3,(H,18,22). The molecular formula is C17H23N3O2S. The summed E-state index contributed by atoms with van der Waals surface area (Å²) in [6.07, 6.45) is 1.93. The Bertz CT molecular complexity index is 703. The molecule has 0 saturated carbocycles. The van der Waals surface area contributed by atoms with E-state index in [1.807, 2.05) is 31.2 Å². The summed E-state index contributed by atoms with van der Waals surface area (Å²) in [5.74, 6) is 0.821. The fourth-order valence-electron chi connectivity index (χ4n) is 2.28. The van der Waals surface area contributed by atoms with Crippen molar-refractivity contribution < 1.29 is 4.79 Å². The lowest BCUT2D eigenvalue weighted by Crippen LogP contribution is -2.17. The van der Waals surface area contributed by atoms with Crippen LogP contribution in [0.3, 0.4) is 0 Å². The zero-order valence-corrected chi connectivity index (χ0v) is 14.7. The van der Waals surface area contributed by atoms with Gasteiger partial charge in [-0.2, -0.15) is 0 Å². The van der Waals surface area contributed by atoms with E-state index in [1.54, 1.807) is 4.57 Å². The summed E-state index contributed by atoms with van der Waals surface area (Å²) in [6.45, 7) is 6.94. The Kier molecular flexibility index (Phi) is 6.21. The maximum atomic E-state index is 12.3. The number of hydrogen-bond donors (Lipinski definition) is 1. The fourth-order valence-corrected chi connectivity index (χ4v) is 3.15. The predicted octanol–water partition coefficient (Wildman–Crippen LogP) is 3.47. The first-order valence-corrected chi connectivity index (χ1v) is 8.96. The third kappa shape index (κ3) is 4.34. The molecule has 0 spiro atoms. The quantitative estimate of drug-likeness (QED) is 0.593. The van der Waals surface area contributed by atoms with Crippen LogP contribution in [0.25, 0.3) is 0 Å². The molecule has 0 bridgehead atoms. The van der Waals surface area contributed by atoms with E-state index in [0.717, 1.165) is 12.8 Å². The first-order valence-electron chi connectivity index (χ1n) is 7.98. The Morgan fingerprint density at radius 2 is 2.00 bits per heavy atom. The van der Waals surface area contributed by atoms with Crippen LogP contribution in [0.15, 0.2) is 34.2 Å². The van der Waals surface area contributed by atoms with Crippen LogP contribution < -0.4 is 5.69 Å². The minimum absolute atomic E-state index is 0.0456. The third-order valence-corrected chi connectivity index (χ3v) is 4.89. The van der Waals surface area contributed by atoms with E-state index in [1.165, 1.54) is 17.3 Å². The van der Waals surface area contributed by atoms with Crippen LogP contribution in [0.4, 0.5) is 0 Å². The first kappa shape index (κ1) is 17.5. The Labute approximate surface area is 140 Å². The van der Waals surface area contributed by atoms with Gasteiger partial charge in [0.2, 0.25) is 0 Å². The van der Waals surface area contributed by atoms with Crippen LogP contribution in [0.1, 0.15) is 55.5 Å². The summed E-state index contributed by atoms with van der Waals surface area (Å²) in [7, 11) is 0. The number of carbonyl (C=O) groups excluding carboxylic acids is 1. The smallest absolute Gasteiger partial charge is 0.293 e. The SMILES string of the molecule is CCCn1c(SCC(=O)c2ccc(C(C)CC)cc2)n[nH]c1=O. The molecule has 1 aromatic carbocycles. The average molecular weight is 333 g/mol. The van der Waals surface area contributed by atoms with Crippen molar-refractivity contribution in [3.05, 3.63) is 45.9 Å². The number of Topliss-reactive ketones (excluding diaryl/α,β-unsaturated/α-hetero) is 1. The van der Waals surface area contributed by atoms with Crippen molar-refractivity contribution in [1.82, 2.24) is 14.8 Å². The highest BCUT2D eigenvalue weighted by molar-refractivity contribution is 7.99. The summed E-state index contributed by atoms with van der Waals surface area (Å²) in [5.41, 5.74) is 1.73. The molecule has 0 amide bonds. The van der Waals surface area contributed by atoms with Gasteiger partial charge in [0, 0.05) is 12.1 Å². The fraction of sp³-hybridized carbons (Fsp3) is 0.471. The second kappa shape index (κ2) is 8.15. The highest BCUT2D eigenvalue weighted by atomic mass is 32.2. The lowest BCUT2D eigenvalue weighted by Gasteiger charge is -2.09. The predicted molar refractivity (Wildman–Crippen MR) is 93.3 cm³/mol. The van der Waals surface area contributed by atoms with Crippen molar-refractivity contribution in [1.29, 1.82) is 0 Å². The van der Waals surface area contributed by atoms with Gasteiger partial charge in [-0.3, -0.25) is 9.36 Å². The van der Waals surface area contributed by atoms with Crippen LogP contribution in [-0.2, 0) is 6.54 Å². The third-order valence-electron chi connectivity index (χ3n) is 3.92. The van der Waals surface area contributed by atoms with Crippen molar-refractivity contribution in [3.8, 4) is 0 Å². The van der Waals surface area contributed by atoms with Crippen LogP contribution in [0.5, 0.6) is 0 Å². The lowest BCUT2D eigenvalue weighted by atomic mass is 9.97. The Balaban J connectivity index is 2.01. The Morgan fingerprint density at radius 1 is 1.30 bits per heavy atom. The van der Waals surface area contributed by atoms with E-state index in [9.17, 15) is 9.59 Å². The van der Waals surface area contributed by atoms with Crippen LogP contribution in [-0.4, -0.2) is 26.3 Å². The summed E-state index contributed by atoms with van der Waals surface area (Å²) >= 11 is 1.30. The summed E-state index contributed by atoms with van der Waals surface area (Å²) in [5, 5.41) is 6.99. The first-order chi connectivity index (χ1) is 11.1. The van der Waals surface area contributed by atoms with E-state index in [-0.39, 0.29) is 17.2 Å². The number of ketones is 1. The monoisotopic (exact) mass is 333 g/mol. The molecule has 0 aliphatic carbocycles. The molecule has 1 heterocycles. The molecule has 124 valence electrons. The highest BCUT2D eigenvalue weighted by Crippen LogP contribution is 2.20. The van der Waals surface area contributed by atoms with Gasteiger partial charge in [-0.25, -0.2) is 9.89 Å². The second-order valence-corrected chi connectivity index (χ2v) is 6.55. The number of benzene rings is 1. The van der Waals surface area contributed by atoms with Gasteiger partial charge in [0.05, 0.1) is 5.75 Å². The number of nitrogens with one attached hydrogen (secondary N) is 1. The van der Waals surface area contributed by atoms with Gasteiger partial charge in [-0.15, -0.1) is 5.10 Å².